The molecule has 2 heterocycles. The average Bonchev–Trinajstić information content (AvgIpc) is 2.50. The smallest absolute Gasteiger partial charge is 0.131 e. The van der Waals surface area contributed by atoms with Gasteiger partial charge in [-0.3, -0.25) is 0 Å². The Morgan fingerprint density at radius 3 is 2.25 bits per heavy atom. The number of rotatable bonds is 2. The lowest BCUT2D eigenvalue weighted by Gasteiger charge is -2.07. The van der Waals surface area contributed by atoms with Gasteiger partial charge in [0, 0.05) is 35.3 Å². The van der Waals surface area contributed by atoms with E-state index in [0.29, 0.717) is 5.82 Å². The molecule has 0 aliphatic rings. The van der Waals surface area contributed by atoms with Crippen LogP contribution in [-0.2, 0) is 0 Å². The Hall–Kier alpha value is -2.82. The number of aromatic nitrogens is 3. The highest BCUT2D eigenvalue weighted by Gasteiger charge is 2.07. The van der Waals surface area contributed by atoms with Crippen LogP contribution in [0.1, 0.15) is 0 Å². The van der Waals surface area contributed by atoms with Crippen LogP contribution in [0, 0.1) is 5.82 Å². The van der Waals surface area contributed by atoms with Gasteiger partial charge in [0.1, 0.15) is 18.0 Å². The molecule has 3 rings (SSSR count). The largest absolute Gasteiger partial charge is 0.383 e. The Balaban J connectivity index is 2.09. The number of hydrogen-bond donors (Lipinski definition) is 1. The van der Waals surface area contributed by atoms with Crippen molar-refractivity contribution in [2.45, 2.75) is 0 Å². The maximum Gasteiger partial charge on any atom is 0.131 e. The Labute approximate surface area is 115 Å². The van der Waals surface area contributed by atoms with Gasteiger partial charge in [0.2, 0.25) is 0 Å². The molecule has 2 aromatic heterocycles. The molecule has 0 saturated carbocycles. The third kappa shape index (κ3) is 2.33. The summed E-state index contributed by atoms with van der Waals surface area (Å²) in [6, 6.07) is 8.13. The highest BCUT2D eigenvalue weighted by Crippen LogP contribution is 2.28. The fraction of sp³-hybridized carbons (Fsp3) is 0. The lowest BCUT2D eigenvalue weighted by molar-refractivity contribution is 0.628. The van der Waals surface area contributed by atoms with E-state index in [1.807, 2.05) is 6.07 Å². The van der Waals surface area contributed by atoms with Gasteiger partial charge in [-0.2, -0.15) is 0 Å². The quantitative estimate of drug-likeness (QED) is 0.774. The molecule has 0 saturated heterocycles. The summed E-state index contributed by atoms with van der Waals surface area (Å²) in [5.41, 5.74) is 9.18. The van der Waals surface area contributed by atoms with Crippen molar-refractivity contribution >= 4 is 5.82 Å². The summed E-state index contributed by atoms with van der Waals surface area (Å²) < 4.78 is 13.0. The van der Waals surface area contributed by atoms with Crippen molar-refractivity contribution in [2.24, 2.45) is 0 Å². The number of halogens is 1. The van der Waals surface area contributed by atoms with Crippen molar-refractivity contribution in [2.75, 3.05) is 5.73 Å². The molecule has 0 amide bonds. The fourth-order valence-electron chi connectivity index (χ4n) is 1.94. The van der Waals surface area contributed by atoms with E-state index in [1.165, 1.54) is 18.5 Å². The first kappa shape index (κ1) is 12.2. The minimum absolute atomic E-state index is 0.270. The van der Waals surface area contributed by atoms with E-state index in [-0.39, 0.29) is 5.82 Å². The Morgan fingerprint density at radius 2 is 1.55 bits per heavy atom. The molecule has 20 heavy (non-hydrogen) atoms. The van der Waals surface area contributed by atoms with Gasteiger partial charge < -0.3 is 5.73 Å². The van der Waals surface area contributed by atoms with Crippen LogP contribution in [0.2, 0.25) is 0 Å². The first-order chi connectivity index (χ1) is 9.74. The summed E-state index contributed by atoms with van der Waals surface area (Å²) in [4.78, 5) is 12.1. The van der Waals surface area contributed by atoms with Crippen LogP contribution < -0.4 is 5.73 Å². The van der Waals surface area contributed by atoms with Gasteiger partial charge in [-0.05, 0) is 23.8 Å². The van der Waals surface area contributed by atoms with Gasteiger partial charge in [0.15, 0.2) is 0 Å². The molecule has 0 atom stereocenters. The first-order valence-electron chi connectivity index (χ1n) is 6.01. The van der Waals surface area contributed by atoms with Gasteiger partial charge in [0.05, 0.1) is 0 Å². The predicted molar refractivity (Wildman–Crippen MR) is 75.1 cm³/mol. The van der Waals surface area contributed by atoms with Crippen molar-refractivity contribution in [3.63, 3.8) is 0 Å². The topological polar surface area (TPSA) is 64.7 Å². The molecule has 0 unspecified atom stereocenters. The minimum atomic E-state index is -0.270. The summed E-state index contributed by atoms with van der Waals surface area (Å²) in [5, 5.41) is 0. The molecule has 3 aromatic rings. The molecule has 5 heteroatoms. The molecule has 0 bridgehead atoms. The molecular weight excluding hydrogens is 255 g/mol. The number of nitrogen functional groups attached to an aromatic ring is 1. The van der Waals surface area contributed by atoms with Crippen molar-refractivity contribution in [3.8, 4) is 22.3 Å². The van der Waals surface area contributed by atoms with E-state index in [2.05, 4.69) is 15.0 Å². The van der Waals surface area contributed by atoms with Crippen LogP contribution >= 0.6 is 0 Å². The third-order valence-corrected chi connectivity index (χ3v) is 2.97. The van der Waals surface area contributed by atoms with Gasteiger partial charge in [-0.15, -0.1) is 0 Å². The van der Waals surface area contributed by atoms with Crippen molar-refractivity contribution < 1.29 is 4.39 Å². The maximum atomic E-state index is 13.0. The number of hydrogen-bond acceptors (Lipinski definition) is 4. The second-order valence-electron chi connectivity index (χ2n) is 4.29. The van der Waals surface area contributed by atoms with Crippen LogP contribution in [-0.4, -0.2) is 15.0 Å². The number of nitrogens with zero attached hydrogens (tertiary/aromatic N) is 3. The minimum Gasteiger partial charge on any atom is -0.383 e. The number of pyridine rings is 1. The van der Waals surface area contributed by atoms with E-state index in [1.54, 1.807) is 30.7 Å². The summed E-state index contributed by atoms with van der Waals surface area (Å²) >= 11 is 0. The van der Waals surface area contributed by atoms with Gasteiger partial charge in [-0.25, -0.2) is 19.3 Å². The summed E-state index contributed by atoms with van der Waals surface area (Å²) in [7, 11) is 0. The van der Waals surface area contributed by atoms with E-state index in [9.17, 15) is 4.39 Å². The fourth-order valence-corrected chi connectivity index (χ4v) is 1.94. The lowest BCUT2D eigenvalue weighted by atomic mass is 10.0. The van der Waals surface area contributed by atoms with Gasteiger partial charge >= 0.3 is 0 Å². The molecule has 0 aliphatic carbocycles. The molecule has 0 fully saturated rings. The lowest BCUT2D eigenvalue weighted by Crippen LogP contribution is -1.95. The molecule has 2 N–H and O–H groups in total. The maximum absolute atomic E-state index is 13.0. The van der Waals surface area contributed by atoms with E-state index < -0.39 is 0 Å². The van der Waals surface area contributed by atoms with Gasteiger partial charge in [0.25, 0.3) is 0 Å². The Morgan fingerprint density at radius 1 is 0.850 bits per heavy atom. The summed E-state index contributed by atoms with van der Waals surface area (Å²) in [5.74, 6) is 0.138. The zero-order chi connectivity index (χ0) is 13.9. The number of benzene rings is 1. The third-order valence-electron chi connectivity index (χ3n) is 2.97. The monoisotopic (exact) mass is 266 g/mol. The van der Waals surface area contributed by atoms with Crippen molar-refractivity contribution in [1.29, 1.82) is 0 Å². The van der Waals surface area contributed by atoms with Crippen LogP contribution in [0.5, 0.6) is 0 Å². The molecule has 98 valence electrons. The molecule has 0 radical (unpaired) electrons. The predicted octanol–water partition coefficient (Wildman–Crippen LogP) is 2.93. The Bertz CT molecular complexity index is 727. The molecule has 0 aliphatic heterocycles. The van der Waals surface area contributed by atoms with Crippen LogP contribution in [0.15, 0.2) is 55.2 Å². The van der Waals surface area contributed by atoms with Crippen LogP contribution in [0.3, 0.4) is 0 Å². The summed E-state index contributed by atoms with van der Waals surface area (Å²) in [6.07, 6.45) is 6.47. The van der Waals surface area contributed by atoms with E-state index in [4.69, 9.17) is 5.73 Å². The van der Waals surface area contributed by atoms with Crippen molar-refractivity contribution in [3.05, 3.63) is 61.1 Å². The first-order valence-corrected chi connectivity index (χ1v) is 6.01. The standard InChI is InChI=1S/C15H11FN4/c16-13-3-1-10(2-4-13)11-5-14(15(17)20-8-11)12-6-18-9-19-7-12/h1-9H,(H2,17,20). The zero-order valence-electron chi connectivity index (χ0n) is 10.5. The highest BCUT2D eigenvalue weighted by molar-refractivity contribution is 5.78. The Kier molecular flexibility index (Phi) is 3.09. The zero-order valence-corrected chi connectivity index (χ0v) is 10.5. The van der Waals surface area contributed by atoms with Crippen molar-refractivity contribution in [1.82, 2.24) is 15.0 Å². The van der Waals surface area contributed by atoms with Crippen LogP contribution in [0.4, 0.5) is 10.2 Å². The number of nitrogens with two attached hydrogens (primary N) is 1. The SMILES string of the molecule is Nc1ncc(-c2ccc(F)cc2)cc1-c1cncnc1. The summed E-state index contributed by atoms with van der Waals surface area (Å²) in [6.45, 7) is 0. The molecular formula is C15H11FN4. The van der Waals surface area contributed by atoms with E-state index >= 15 is 0 Å². The van der Waals surface area contributed by atoms with E-state index in [0.717, 1.165) is 22.3 Å². The van der Waals surface area contributed by atoms with Gasteiger partial charge in [-0.1, -0.05) is 12.1 Å². The highest BCUT2D eigenvalue weighted by atomic mass is 19.1. The average molecular weight is 266 g/mol. The van der Waals surface area contributed by atoms with Crippen LogP contribution in [0.25, 0.3) is 22.3 Å². The molecule has 1 aromatic carbocycles. The normalized spacial score (nSPS) is 10.4. The molecule has 4 nitrogen and oxygen atoms in total. The number of anilines is 1. The second-order valence-corrected chi connectivity index (χ2v) is 4.29. The second kappa shape index (κ2) is 5.05. The molecule has 0 spiro atoms.